The fraction of sp³-hybridized carbons (Fsp3) is 0.462. The lowest BCUT2D eigenvalue weighted by atomic mass is 10.0. The van der Waals surface area contributed by atoms with Crippen LogP contribution in [0.1, 0.15) is 35.7 Å². The molecule has 1 aromatic carbocycles. The van der Waals surface area contributed by atoms with Crippen LogP contribution in [0.2, 0.25) is 0 Å². The van der Waals surface area contributed by atoms with Crippen molar-refractivity contribution in [1.29, 1.82) is 0 Å². The number of ether oxygens (including phenoxy) is 1. The second-order valence-corrected chi connectivity index (χ2v) is 9.66. The van der Waals surface area contributed by atoms with Crippen LogP contribution in [0.15, 0.2) is 36.7 Å². The second-order valence-electron chi connectivity index (χ2n) is 9.66. The maximum atomic E-state index is 13.2. The monoisotopic (exact) mass is 460 g/mol. The molecule has 3 atom stereocenters. The summed E-state index contributed by atoms with van der Waals surface area (Å²) >= 11 is 0. The standard InChI is InChI=1S/C26H32N6O2/c1-3-31-9-8-21-24(27-2)22(12-28-25(21)31)26(33)30-19-10-16-4-7-20(11-23(16)34-15-19)32-13-17-5-6-18(14-32)29-17/h4,7-9,11-12,17-19,29H,3,5-6,10,13-15H2,1-2H3,(H,27,28)(H,30,33)/t17?,18?,19-/m0/s1. The van der Waals surface area contributed by atoms with Gasteiger partial charge in [-0.15, -0.1) is 0 Å². The van der Waals surface area contributed by atoms with Crippen LogP contribution < -0.4 is 25.6 Å². The summed E-state index contributed by atoms with van der Waals surface area (Å²) in [5, 5.41) is 11.0. The Morgan fingerprint density at radius 3 is 2.82 bits per heavy atom. The van der Waals surface area contributed by atoms with Crippen molar-refractivity contribution in [2.45, 2.75) is 50.9 Å². The maximum Gasteiger partial charge on any atom is 0.255 e. The molecule has 178 valence electrons. The highest BCUT2D eigenvalue weighted by atomic mass is 16.5. The van der Waals surface area contributed by atoms with Crippen LogP contribution in [0.4, 0.5) is 11.4 Å². The highest BCUT2D eigenvalue weighted by molar-refractivity contribution is 6.06. The Bertz CT molecular complexity index is 1230. The van der Waals surface area contributed by atoms with E-state index < -0.39 is 0 Å². The van der Waals surface area contributed by atoms with E-state index >= 15 is 0 Å². The largest absolute Gasteiger partial charge is 0.491 e. The number of piperazine rings is 1. The van der Waals surface area contributed by atoms with Crippen LogP contribution in [0.3, 0.4) is 0 Å². The Hall–Kier alpha value is -3.26. The van der Waals surface area contributed by atoms with Crippen molar-refractivity contribution in [3.63, 3.8) is 0 Å². The molecule has 3 aromatic rings. The topological polar surface area (TPSA) is 83.5 Å². The molecule has 34 heavy (non-hydrogen) atoms. The molecule has 0 radical (unpaired) electrons. The molecule has 0 aliphatic carbocycles. The predicted molar refractivity (Wildman–Crippen MR) is 134 cm³/mol. The van der Waals surface area contributed by atoms with Gasteiger partial charge in [-0.3, -0.25) is 4.79 Å². The van der Waals surface area contributed by atoms with Gasteiger partial charge in [0.1, 0.15) is 18.0 Å². The lowest BCUT2D eigenvalue weighted by molar-refractivity contribution is 0.0916. The number of fused-ring (bicyclic) bond motifs is 4. The molecule has 3 aliphatic heterocycles. The van der Waals surface area contributed by atoms with E-state index in [1.807, 2.05) is 19.3 Å². The SMILES string of the molecule is CCn1ccc2c(NC)c(C(=O)N[C@@H]3COc4cc(N5CC6CCC(C5)N6)ccc4C3)cnc21. The number of amides is 1. The maximum absolute atomic E-state index is 13.2. The van der Waals surface area contributed by atoms with E-state index in [9.17, 15) is 4.79 Å². The van der Waals surface area contributed by atoms with E-state index in [1.54, 1.807) is 6.20 Å². The van der Waals surface area contributed by atoms with Gasteiger partial charge in [-0.05, 0) is 43.9 Å². The number of rotatable bonds is 5. The van der Waals surface area contributed by atoms with E-state index in [2.05, 4.69) is 55.5 Å². The van der Waals surface area contributed by atoms with Crippen molar-refractivity contribution in [3.05, 3.63) is 47.8 Å². The minimum Gasteiger partial charge on any atom is -0.491 e. The quantitative estimate of drug-likeness (QED) is 0.543. The number of carbonyl (C=O) groups excluding carboxylic acids is 1. The number of nitrogens with zero attached hydrogens (tertiary/aromatic N) is 3. The van der Waals surface area contributed by atoms with Crippen LogP contribution in [0.25, 0.3) is 11.0 Å². The van der Waals surface area contributed by atoms with Gasteiger partial charge in [-0.25, -0.2) is 4.98 Å². The molecule has 8 heteroatoms. The van der Waals surface area contributed by atoms with Crippen molar-refractivity contribution < 1.29 is 9.53 Å². The summed E-state index contributed by atoms with van der Waals surface area (Å²) in [4.78, 5) is 20.2. The van der Waals surface area contributed by atoms with Crippen LogP contribution in [-0.2, 0) is 13.0 Å². The Kier molecular flexibility index (Phi) is 5.32. The van der Waals surface area contributed by atoms with Crippen LogP contribution in [-0.4, -0.2) is 60.3 Å². The molecule has 8 nitrogen and oxygen atoms in total. The Morgan fingerprint density at radius 2 is 2.06 bits per heavy atom. The Balaban J connectivity index is 1.16. The fourth-order valence-electron chi connectivity index (χ4n) is 5.76. The van der Waals surface area contributed by atoms with E-state index in [1.165, 1.54) is 18.5 Å². The molecule has 3 aliphatic rings. The number of aromatic nitrogens is 2. The first kappa shape index (κ1) is 21.3. The molecule has 6 rings (SSSR count). The van der Waals surface area contributed by atoms with Crippen molar-refractivity contribution in [2.24, 2.45) is 0 Å². The van der Waals surface area contributed by atoms with Crippen molar-refractivity contribution in [1.82, 2.24) is 20.2 Å². The molecule has 3 N–H and O–H groups in total. The van der Waals surface area contributed by atoms with Gasteiger partial charge in [-0.2, -0.15) is 0 Å². The first-order chi connectivity index (χ1) is 16.6. The zero-order valence-electron chi connectivity index (χ0n) is 19.8. The number of pyridine rings is 1. The Labute approximate surface area is 199 Å². The second kappa shape index (κ2) is 8.51. The molecule has 1 amide bonds. The molecule has 2 fully saturated rings. The number of hydrogen-bond donors (Lipinski definition) is 3. The van der Waals surface area contributed by atoms with Crippen LogP contribution >= 0.6 is 0 Å². The van der Waals surface area contributed by atoms with Gasteiger partial charge >= 0.3 is 0 Å². The molecular formula is C26H32N6O2. The van der Waals surface area contributed by atoms with Gasteiger partial charge in [-0.1, -0.05) is 6.07 Å². The first-order valence-electron chi connectivity index (χ1n) is 12.4. The lowest BCUT2D eigenvalue weighted by Crippen LogP contribution is -2.51. The highest BCUT2D eigenvalue weighted by Gasteiger charge is 2.33. The van der Waals surface area contributed by atoms with Crippen LogP contribution in [0, 0.1) is 0 Å². The third-order valence-corrected chi connectivity index (χ3v) is 7.50. The van der Waals surface area contributed by atoms with Gasteiger partial charge in [0.25, 0.3) is 5.91 Å². The minimum absolute atomic E-state index is 0.0819. The smallest absolute Gasteiger partial charge is 0.255 e. The molecular weight excluding hydrogens is 428 g/mol. The number of hydrogen-bond acceptors (Lipinski definition) is 6. The normalized spacial score (nSPS) is 23.5. The van der Waals surface area contributed by atoms with Gasteiger partial charge < -0.3 is 30.2 Å². The summed E-state index contributed by atoms with van der Waals surface area (Å²) in [6.45, 7) is 5.50. The molecule has 5 heterocycles. The van der Waals surface area contributed by atoms with Gasteiger partial charge in [0.2, 0.25) is 0 Å². The summed E-state index contributed by atoms with van der Waals surface area (Å²) < 4.78 is 8.20. The fourth-order valence-corrected chi connectivity index (χ4v) is 5.76. The summed E-state index contributed by atoms with van der Waals surface area (Å²) in [6.07, 6.45) is 6.97. The molecule has 2 unspecified atom stereocenters. The average Bonchev–Trinajstić information content (AvgIpc) is 3.44. The molecule has 2 aromatic heterocycles. The van der Waals surface area contributed by atoms with Gasteiger partial charge in [0, 0.05) is 68.3 Å². The number of benzene rings is 1. The van der Waals surface area contributed by atoms with Gasteiger partial charge in [0.05, 0.1) is 17.3 Å². The summed E-state index contributed by atoms with van der Waals surface area (Å²) in [6, 6.07) is 9.67. The number of carbonyl (C=O) groups is 1. The summed E-state index contributed by atoms with van der Waals surface area (Å²) in [5.74, 6) is 0.807. The average molecular weight is 461 g/mol. The zero-order chi connectivity index (χ0) is 23.2. The Morgan fingerprint density at radius 1 is 1.24 bits per heavy atom. The molecule has 2 bridgehead atoms. The highest BCUT2D eigenvalue weighted by Crippen LogP contribution is 2.33. The number of anilines is 2. The van der Waals surface area contributed by atoms with E-state index in [-0.39, 0.29) is 11.9 Å². The van der Waals surface area contributed by atoms with Crippen molar-refractivity contribution in [3.8, 4) is 5.75 Å². The molecule has 0 saturated carbocycles. The molecule has 2 saturated heterocycles. The number of aryl methyl sites for hydroxylation is 1. The lowest BCUT2D eigenvalue weighted by Gasteiger charge is -2.35. The first-order valence-corrected chi connectivity index (χ1v) is 12.4. The molecule has 0 spiro atoms. The summed E-state index contributed by atoms with van der Waals surface area (Å²) in [7, 11) is 1.84. The van der Waals surface area contributed by atoms with Gasteiger partial charge in [0.15, 0.2) is 0 Å². The van der Waals surface area contributed by atoms with E-state index in [0.717, 1.165) is 54.1 Å². The minimum atomic E-state index is -0.132. The third-order valence-electron chi connectivity index (χ3n) is 7.50. The number of nitrogens with one attached hydrogen (secondary N) is 3. The predicted octanol–water partition coefficient (Wildman–Crippen LogP) is 2.77. The van der Waals surface area contributed by atoms with E-state index in [0.29, 0.717) is 24.3 Å². The van der Waals surface area contributed by atoms with E-state index in [4.69, 9.17) is 4.74 Å². The van der Waals surface area contributed by atoms with Crippen molar-refractivity contribution >= 4 is 28.3 Å². The van der Waals surface area contributed by atoms with Crippen molar-refractivity contribution in [2.75, 3.05) is 37.0 Å². The summed E-state index contributed by atoms with van der Waals surface area (Å²) in [5.41, 5.74) is 4.61. The zero-order valence-corrected chi connectivity index (χ0v) is 19.8. The third kappa shape index (κ3) is 3.66. The van der Waals surface area contributed by atoms with Crippen LogP contribution in [0.5, 0.6) is 5.75 Å².